The summed E-state index contributed by atoms with van der Waals surface area (Å²) in [4.78, 5) is 15.8. The molecule has 4 aromatic heterocycles. The van der Waals surface area contributed by atoms with Crippen LogP contribution in [-0.2, 0) is 0 Å². The van der Waals surface area contributed by atoms with Crippen molar-refractivity contribution in [2.24, 2.45) is 0 Å². The monoisotopic (exact) mass is 823 g/mol. The second-order valence-electron chi connectivity index (χ2n) is 15.9. The molecular weight excluding hydrogens is 791 g/mol. The Morgan fingerprint density at radius 1 is 0.286 bits per heavy atom. The molecule has 9 aromatic carbocycles. The highest BCUT2D eigenvalue weighted by atomic mass is 32.1. The summed E-state index contributed by atoms with van der Waals surface area (Å²) in [6.45, 7) is 0. The van der Waals surface area contributed by atoms with Crippen LogP contribution in [0.15, 0.2) is 209 Å². The normalized spacial score (nSPS) is 11.8. The van der Waals surface area contributed by atoms with E-state index in [-0.39, 0.29) is 0 Å². The number of fused-ring (bicyclic) bond motifs is 9. The van der Waals surface area contributed by atoms with E-state index in [1.54, 1.807) is 11.3 Å². The number of thiophene rings is 1. The van der Waals surface area contributed by atoms with Gasteiger partial charge < -0.3 is 8.83 Å². The summed E-state index contributed by atoms with van der Waals surface area (Å²) in [6, 6.07) is 69.9. The number of furan rings is 2. The molecular formula is C57H33N3O2S. The summed E-state index contributed by atoms with van der Waals surface area (Å²) in [5.41, 5.74) is 12.7. The summed E-state index contributed by atoms with van der Waals surface area (Å²) in [7, 11) is 0. The number of nitrogens with zero attached hydrogens (tertiary/aromatic N) is 3. The van der Waals surface area contributed by atoms with Crippen molar-refractivity contribution in [1.29, 1.82) is 0 Å². The van der Waals surface area contributed by atoms with Crippen molar-refractivity contribution >= 4 is 75.4 Å². The molecule has 0 aliphatic heterocycles. The Balaban J connectivity index is 0.950. The van der Waals surface area contributed by atoms with Crippen LogP contribution >= 0.6 is 11.3 Å². The fraction of sp³-hybridized carbons (Fsp3) is 0. The van der Waals surface area contributed by atoms with Gasteiger partial charge in [-0.15, -0.1) is 11.3 Å². The summed E-state index contributed by atoms with van der Waals surface area (Å²) in [5.74, 6) is 1.79. The van der Waals surface area contributed by atoms with E-state index < -0.39 is 0 Å². The van der Waals surface area contributed by atoms with Gasteiger partial charge in [-0.3, -0.25) is 0 Å². The minimum atomic E-state index is 0.579. The number of para-hydroxylation sites is 1. The lowest BCUT2D eigenvalue weighted by atomic mass is 9.99. The van der Waals surface area contributed by atoms with Crippen molar-refractivity contribution in [3.8, 4) is 67.5 Å². The Hall–Kier alpha value is -8.19. The molecule has 5 nitrogen and oxygen atoms in total. The third-order valence-electron chi connectivity index (χ3n) is 12.2. The molecule has 63 heavy (non-hydrogen) atoms. The molecule has 0 aliphatic carbocycles. The van der Waals surface area contributed by atoms with Gasteiger partial charge in [0.15, 0.2) is 17.5 Å². The van der Waals surface area contributed by atoms with Crippen LogP contribution in [0.3, 0.4) is 0 Å². The lowest BCUT2D eigenvalue weighted by molar-refractivity contribution is 0.668. The van der Waals surface area contributed by atoms with Crippen LogP contribution in [0.4, 0.5) is 0 Å². The van der Waals surface area contributed by atoms with E-state index in [1.165, 1.54) is 31.3 Å². The first-order chi connectivity index (χ1) is 31.2. The Bertz CT molecular complexity index is 3920. The zero-order valence-corrected chi connectivity index (χ0v) is 34.4. The Morgan fingerprint density at radius 2 is 0.794 bits per heavy atom. The van der Waals surface area contributed by atoms with Gasteiger partial charge >= 0.3 is 0 Å². The molecule has 0 bridgehead atoms. The quantitative estimate of drug-likeness (QED) is 0.167. The topological polar surface area (TPSA) is 65.0 Å². The molecule has 0 amide bonds. The average Bonchev–Trinajstić information content (AvgIpc) is 4.05. The lowest BCUT2D eigenvalue weighted by Gasteiger charge is -2.11. The van der Waals surface area contributed by atoms with E-state index in [1.807, 2.05) is 36.4 Å². The number of hydrogen-bond donors (Lipinski definition) is 0. The third-order valence-corrected chi connectivity index (χ3v) is 13.3. The molecule has 294 valence electrons. The molecule has 0 spiro atoms. The van der Waals surface area contributed by atoms with Crippen molar-refractivity contribution in [2.45, 2.75) is 0 Å². The summed E-state index contributed by atoms with van der Waals surface area (Å²) < 4.78 is 15.4. The fourth-order valence-electron chi connectivity index (χ4n) is 9.04. The van der Waals surface area contributed by atoms with Crippen LogP contribution in [0, 0.1) is 0 Å². The van der Waals surface area contributed by atoms with Crippen LogP contribution in [-0.4, -0.2) is 15.0 Å². The van der Waals surface area contributed by atoms with Crippen molar-refractivity contribution in [3.63, 3.8) is 0 Å². The molecule has 13 rings (SSSR count). The van der Waals surface area contributed by atoms with E-state index in [0.717, 1.165) is 82.8 Å². The molecule has 0 fully saturated rings. The maximum absolute atomic E-state index is 6.63. The molecule has 13 aromatic rings. The fourth-order valence-corrected chi connectivity index (χ4v) is 10.1. The number of aromatic nitrogens is 3. The maximum Gasteiger partial charge on any atom is 0.164 e. The van der Waals surface area contributed by atoms with Crippen molar-refractivity contribution in [2.75, 3.05) is 0 Å². The van der Waals surface area contributed by atoms with E-state index >= 15 is 0 Å². The molecule has 0 radical (unpaired) electrons. The molecule has 0 atom stereocenters. The first-order valence-electron chi connectivity index (χ1n) is 21.0. The summed E-state index contributed by atoms with van der Waals surface area (Å²) >= 11 is 1.80. The van der Waals surface area contributed by atoms with Crippen LogP contribution in [0.25, 0.3) is 132 Å². The van der Waals surface area contributed by atoms with Crippen LogP contribution in [0.5, 0.6) is 0 Å². The van der Waals surface area contributed by atoms with Crippen molar-refractivity contribution in [3.05, 3.63) is 200 Å². The lowest BCUT2D eigenvalue weighted by Crippen LogP contribution is -2.00. The second-order valence-corrected chi connectivity index (χ2v) is 17.0. The van der Waals surface area contributed by atoms with Gasteiger partial charge in [0.25, 0.3) is 0 Å². The summed E-state index contributed by atoms with van der Waals surface area (Å²) in [6.07, 6.45) is 0. The minimum Gasteiger partial charge on any atom is -0.456 e. The largest absolute Gasteiger partial charge is 0.456 e. The van der Waals surface area contributed by atoms with Crippen molar-refractivity contribution in [1.82, 2.24) is 15.0 Å². The van der Waals surface area contributed by atoms with E-state index in [4.69, 9.17) is 23.8 Å². The second kappa shape index (κ2) is 14.2. The van der Waals surface area contributed by atoms with Gasteiger partial charge in [-0.1, -0.05) is 133 Å². The van der Waals surface area contributed by atoms with Gasteiger partial charge in [-0.25, -0.2) is 15.0 Å². The standard InChI is InChI=1S/C57H33N3O2S/c1-2-10-34(11-3-1)35-20-22-36(23-21-35)37-12-8-13-40(30-37)55-58-56(41-26-29-53-47(31-41)44-15-5-7-19-52(44)63-53)60-57(59-55)46-16-9-18-49-54(46)45-28-25-39(33-51(45)62-49)38-24-27-43-42-14-4-6-17-48(42)61-50(43)32-38/h1-33H. The zero-order chi connectivity index (χ0) is 41.4. The van der Waals surface area contributed by atoms with E-state index in [0.29, 0.717) is 17.5 Å². The van der Waals surface area contributed by atoms with E-state index in [2.05, 4.69) is 164 Å². The molecule has 4 heterocycles. The van der Waals surface area contributed by atoms with Crippen molar-refractivity contribution < 1.29 is 8.83 Å². The van der Waals surface area contributed by atoms with Gasteiger partial charge in [0.2, 0.25) is 0 Å². The Kier molecular flexibility index (Phi) is 8.01. The highest BCUT2D eigenvalue weighted by molar-refractivity contribution is 7.25. The van der Waals surface area contributed by atoms with E-state index in [9.17, 15) is 0 Å². The molecule has 0 aliphatic rings. The first kappa shape index (κ1) is 35.6. The number of hydrogen-bond acceptors (Lipinski definition) is 6. The van der Waals surface area contributed by atoms with Gasteiger partial charge in [0.1, 0.15) is 22.3 Å². The molecule has 0 unspecified atom stereocenters. The Morgan fingerprint density at radius 3 is 1.62 bits per heavy atom. The van der Waals surface area contributed by atoms with Gasteiger partial charge in [-0.2, -0.15) is 0 Å². The maximum atomic E-state index is 6.63. The smallest absolute Gasteiger partial charge is 0.164 e. The molecule has 0 N–H and O–H groups in total. The molecule has 0 saturated heterocycles. The highest BCUT2D eigenvalue weighted by Crippen LogP contribution is 2.41. The van der Waals surface area contributed by atoms with Gasteiger partial charge in [0, 0.05) is 58.4 Å². The highest BCUT2D eigenvalue weighted by Gasteiger charge is 2.20. The van der Waals surface area contributed by atoms with Crippen LogP contribution < -0.4 is 0 Å². The van der Waals surface area contributed by atoms with Gasteiger partial charge in [0.05, 0.1) is 0 Å². The van der Waals surface area contributed by atoms with Crippen LogP contribution in [0.2, 0.25) is 0 Å². The van der Waals surface area contributed by atoms with Crippen LogP contribution in [0.1, 0.15) is 0 Å². The third kappa shape index (κ3) is 6.03. The van der Waals surface area contributed by atoms with Gasteiger partial charge in [-0.05, 0) is 100 Å². The average molecular weight is 824 g/mol. The minimum absolute atomic E-state index is 0.579. The molecule has 6 heteroatoms. The SMILES string of the molecule is c1ccc(-c2ccc(-c3cccc(-c4nc(-c5ccc6sc7ccccc7c6c5)nc(-c5cccc6oc7cc(-c8ccc9c(c8)oc8ccccc89)ccc7c56)n4)c3)cc2)cc1. The Labute approximate surface area is 365 Å². The number of benzene rings is 9. The summed E-state index contributed by atoms with van der Waals surface area (Å²) in [5, 5.41) is 6.59. The first-order valence-corrected chi connectivity index (χ1v) is 21.8. The number of rotatable bonds is 6. The molecule has 0 saturated carbocycles. The zero-order valence-electron chi connectivity index (χ0n) is 33.6. The predicted octanol–water partition coefficient (Wildman–Crippen LogP) is 16.0. The predicted molar refractivity (Wildman–Crippen MR) is 260 cm³/mol.